The molecule has 2 N–H and O–H groups in total. The molecule has 0 saturated carbocycles. The van der Waals surface area contributed by atoms with Crippen LogP contribution in [0.3, 0.4) is 0 Å². The second kappa shape index (κ2) is 8.11. The maximum atomic E-state index is 12.0. The van der Waals surface area contributed by atoms with Crippen molar-refractivity contribution < 1.29 is 4.79 Å². The number of benzene rings is 1. The van der Waals surface area contributed by atoms with E-state index in [0.717, 1.165) is 33.5 Å². The summed E-state index contributed by atoms with van der Waals surface area (Å²) < 4.78 is 0.968. The van der Waals surface area contributed by atoms with E-state index in [2.05, 4.69) is 31.5 Å². The Morgan fingerprint density at radius 3 is 2.83 bits per heavy atom. The van der Waals surface area contributed by atoms with Gasteiger partial charge in [0.1, 0.15) is 5.82 Å². The molecule has 1 aromatic heterocycles. The van der Waals surface area contributed by atoms with E-state index in [0.29, 0.717) is 6.54 Å². The van der Waals surface area contributed by atoms with Crippen LogP contribution in [0, 0.1) is 12.8 Å². The number of aromatic nitrogens is 1. The summed E-state index contributed by atoms with van der Waals surface area (Å²) in [6, 6.07) is 9.90. The number of anilines is 2. The Morgan fingerprint density at radius 2 is 2.13 bits per heavy atom. The van der Waals surface area contributed by atoms with Gasteiger partial charge in [-0.2, -0.15) is 0 Å². The Labute approximate surface area is 145 Å². The number of hydrogen-bond donors (Lipinski definition) is 2. The first-order chi connectivity index (χ1) is 11.0. The van der Waals surface area contributed by atoms with Crippen molar-refractivity contribution in [2.75, 3.05) is 10.6 Å². The summed E-state index contributed by atoms with van der Waals surface area (Å²) in [6.07, 6.45) is 2.61. The molecule has 23 heavy (non-hydrogen) atoms. The van der Waals surface area contributed by atoms with Gasteiger partial charge in [-0.1, -0.05) is 26.0 Å². The van der Waals surface area contributed by atoms with Crippen LogP contribution in [0.5, 0.6) is 0 Å². The molecular formula is C18H22BrN3O. The highest BCUT2D eigenvalue weighted by Crippen LogP contribution is 2.18. The van der Waals surface area contributed by atoms with Gasteiger partial charge in [0.2, 0.25) is 5.91 Å². The molecule has 1 aromatic carbocycles. The number of aryl methyl sites for hydroxylation is 1. The van der Waals surface area contributed by atoms with Gasteiger partial charge >= 0.3 is 0 Å². The van der Waals surface area contributed by atoms with Crippen LogP contribution >= 0.6 is 15.9 Å². The normalized spacial score (nSPS) is 11.8. The van der Waals surface area contributed by atoms with Crippen molar-refractivity contribution in [3.8, 4) is 0 Å². The van der Waals surface area contributed by atoms with Crippen LogP contribution in [0.4, 0.5) is 11.5 Å². The lowest BCUT2D eigenvalue weighted by molar-refractivity contribution is -0.119. The van der Waals surface area contributed by atoms with Crippen molar-refractivity contribution in [2.24, 2.45) is 5.92 Å². The molecule has 0 radical (unpaired) electrons. The lowest BCUT2D eigenvalue weighted by atomic mass is 10.1. The number of hydrogen-bond acceptors (Lipinski definition) is 3. The summed E-state index contributed by atoms with van der Waals surface area (Å²) >= 11 is 3.41. The van der Waals surface area contributed by atoms with Crippen LogP contribution in [-0.2, 0) is 11.3 Å². The molecule has 1 unspecified atom stereocenters. The molecule has 0 aliphatic heterocycles. The summed E-state index contributed by atoms with van der Waals surface area (Å²) in [5, 5.41) is 6.29. The molecule has 0 saturated heterocycles. The fourth-order valence-electron chi connectivity index (χ4n) is 2.12. The van der Waals surface area contributed by atoms with Crippen molar-refractivity contribution in [1.29, 1.82) is 0 Å². The largest absolute Gasteiger partial charge is 0.366 e. The molecule has 0 fully saturated rings. The first-order valence-corrected chi connectivity index (χ1v) is 8.54. The summed E-state index contributed by atoms with van der Waals surface area (Å²) in [5.41, 5.74) is 3.01. The quantitative estimate of drug-likeness (QED) is 0.765. The second-order valence-electron chi connectivity index (χ2n) is 5.67. The third-order valence-electron chi connectivity index (χ3n) is 3.76. The minimum Gasteiger partial charge on any atom is -0.366 e. The summed E-state index contributed by atoms with van der Waals surface area (Å²) in [7, 11) is 0. The Kier molecular flexibility index (Phi) is 6.16. The summed E-state index contributed by atoms with van der Waals surface area (Å²) in [6.45, 7) is 6.62. The molecule has 122 valence electrons. The standard InChI is InChI=1S/C18H22BrN3O/c1-4-12(2)18(23)22-16-7-5-6-14(9-16)10-20-17-13(3)8-15(19)11-21-17/h5-9,11-12H,4,10H2,1-3H3,(H,20,21)(H,22,23). The molecule has 4 nitrogen and oxygen atoms in total. The smallest absolute Gasteiger partial charge is 0.227 e. The molecular weight excluding hydrogens is 354 g/mol. The van der Waals surface area contributed by atoms with E-state index in [1.165, 1.54) is 0 Å². The fourth-order valence-corrected chi connectivity index (χ4v) is 2.57. The van der Waals surface area contributed by atoms with Crippen molar-refractivity contribution >= 4 is 33.3 Å². The highest BCUT2D eigenvalue weighted by Gasteiger charge is 2.10. The highest BCUT2D eigenvalue weighted by atomic mass is 79.9. The SMILES string of the molecule is CCC(C)C(=O)Nc1cccc(CNc2ncc(Br)cc2C)c1. The van der Waals surface area contributed by atoms with Gasteiger partial charge < -0.3 is 10.6 Å². The van der Waals surface area contributed by atoms with Crippen molar-refractivity contribution in [3.63, 3.8) is 0 Å². The Morgan fingerprint density at radius 1 is 1.35 bits per heavy atom. The van der Waals surface area contributed by atoms with Crippen molar-refractivity contribution in [1.82, 2.24) is 4.98 Å². The van der Waals surface area contributed by atoms with Gasteiger partial charge in [0.05, 0.1) is 0 Å². The molecule has 0 spiro atoms. The maximum Gasteiger partial charge on any atom is 0.227 e. The lowest BCUT2D eigenvalue weighted by Crippen LogP contribution is -2.19. The van der Waals surface area contributed by atoms with Crippen LogP contribution in [0.25, 0.3) is 0 Å². The first-order valence-electron chi connectivity index (χ1n) is 7.75. The number of nitrogens with zero attached hydrogens (tertiary/aromatic N) is 1. The van der Waals surface area contributed by atoms with Gasteiger partial charge in [-0.3, -0.25) is 4.79 Å². The number of rotatable bonds is 6. The minimum absolute atomic E-state index is 0.0198. The zero-order valence-corrected chi connectivity index (χ0v) is 15.3. The third-order valence-corrected chi connectivity index (χ3v) is 4.19. The number of halogens is 1. The Bertz CT molecular complexity index is 688. The number of carbonyl (C=O) groups is 1. The Hall–Kier alpha value is -1.88. The van der Waals surface area contributed by atoms with Gasteiger partial charge in [0.15, 0.2) is 0 Å². The predicted molar refractivity (Wildman–Crippen MR) is 98.5 cm³/mol. The van der Waals surface area contributed by atoms with Crippen LogP contribution in [0.1, 0.15) is 31.4 Å². The average Bonchev–Trinajstić information content (AvgIpc) is 2.53. The molecule has 0 aliphatic rings. The monoisotopic (exact) mass is 375 g/mol. The van der Waals surface area contributed by atoms with Crippen LogP contribution in [-0.4, -0.2) is 10.9 Å². The van der Waals surface area contributed by atoms with E-state index >= 15 is 0 Å². The van der Waals surface area contributed by atoms with E-state index in [4.69, 9.17) is 0 Å². The number of amides is 1. The average molecular weight is 376 g/mol. The van der Waals surface area contributed by atoms with E-state index in [1.54, 1.807) is 6.20 Å². The molecule has 1 heterocycles. The topological polar surface area (TPSA) is 54.0 Å². The predicted octanol–water partition coefficient (Wildman–Crippen LogP) is 4.75. The minimum atomic E-state index is 0.0198. The third kappa shape index (κ3) is 5.06. The molecule has 5 heteroatoms. The van der Waals surface area contributed by atoms with E-state index in [9.17, 15) is 4.79 Å². The number of pyridine rings is 1. The number of nitrogens with one attached hydrogen (secondary N) is 2. The molecule has 2 aromatic rings. The lowest BCUT2D eigenvalue weighted by Gasteiger charge is -2.12. The van der Waals surface area contributed by atoms with Crippen LogP contribution in [0.15, 0.2) is 41.0 Å². The highest BCUT2D eigenvalue weighted by molar-refractivity contribution is 9.10. The maximum absolute atomic E-state index is 12.0. The van der Waals surface area contributed by atoms with E-state index in [1.807, 2.05) is 51.1 Å². The van der Waals surface area contributed by atoms with Crippen LogP contribution < -0.4 is 10.6 Å². The van der Waals surface area contributed by atoms with Crippen molar-refractivity contribution in [3.05, 3.63) is 52.1 Å². The van der Waals surface area contributed by atoms with Gasteiger partial charge in [-0.25, -0.2) is 4.98 Å². The van der Waals surface area contributed by atoms with Gasteiger partial charge in [-0.05, 0) is 58.6 Å². The molecule has 0 bridgehead atoms. The van der Waals surface area contributed by atoms with Gasteiger partial charge in [0, 0.05) is 28.8 Å². The molecule has 1 amide bonds. The molecule has 0 aliphatic carbocycles. The zero-order chi connectivity index (χ0) is 16.8. The summed E-state index contributed by atoms with van der Waals surface area (Å²) in [4.78, 5) is 16.3. The fraction of sp³-hybridized carbons (Fsp3) is 0.333. The first kappa shape index (κ1) is 17.5. The van der Waals surface area contributed by atoms with Gasteiger partial charge in [-0.15, -0.1) is 0 Å². The summed E-state index contributed by atoms with van der Waals surface area (Å²) in [5.74, 6) is 0.941. The molecule has 1 atom stereocenters. The zero-order valence-electron chi connectivity index (χ0n) is 13.7. The van der Waals surface area contributed by atoms with E-state index < -0.39 is 0 Å². The van der Waals surface area contributed by atoms with Gasteiger partial charge in [0.25, 0.3) is 0 Å². The number of carbonyl (C=O) groups excluding carboxylic acids is 1. The Balaban J connectivity index is 2.01. The second-order valence-corrected chi connectivity index (χ2v) is 6.59. The molecule has 2 rings (SSSR count). The van der Waals surface area contributed by atoms with Crippen molar-refractivity contribution in [2.45, 2.75) is 33.7 Å². The van der Waals surface area contributed by atoms with E-state index in [-0.39, 0.29) is 11.8 Å². The van der Waals surface area contributed by atoms with Crippen LogP contribution in [0.2, 0.25) is 0 Å².